The van der Waals surface area contributed by atoms with E-state index in [2.05, 4.69) is 20.5 Å². The van der Waals surface area contributed by atoms with Crippen molar-refractivity contribution in [2.45, 2.75) is 19.8 Å². The second-order valence-corrected chi connectivity index (χ2v) is 6.49. The molecular formula is C18H15ClN4O. The molecule has 1 aliphatic rings. The van der Waals surface area contributed by atoms with Crippen LogP contribution in [-0.4, -0.2) is 21.1 Å². The number of halogens is 1. The van der Waals surface area contributed by atoms with Gasteiger partial charge in [-0.3, -0.25) is 9.78 Å². The van der Waals surface area contributed by atoms with Crippen LogP contribution in [0.3, 0.4) is 0 Å². The predicted molar refractivity (Wildman–Crippen MR) is 93.9 cm³/mol. The number of hydrogen-bond acceptors (Lipinski definition) is 4. The Kier molecular flexibility index (Phi) is 3.65. The molecule has 5 nitrogen and oxygen atoms in total. The molecule has 1 amide bonds. The predicted octanol–water partition coefficient (Wildman–Crippen LogP) is 4.00. The van der Waals surface area contributed by atoms with Crippen molar-refractivity contribution in [3.8, 4) is 11.1 Å². The van der Waals surface area contributed by atoms with Gasteiger partial charge in [0.25, 0.3) is 0 Å². The molecule has 1 aliphatic carbocycles. The Morgan fingerprint density at radius 2 is 2.08 bits per heavy atom. The number of carbonyl (C=O) groups excluding carboxylic acids is 1. The Labute approximate surface area is 144 Å². The molecule has 1 saturated carbocycles. The molecule has 4 rings (SSSR count). The smallest absolute Gasteiger partial charge is 0.228 e. The number of aromatic nitrogens is 3. The number of nitrogens with one attached hydrogen (secondary N) is 1. The summed E-state index contributed by atoms with van der Waals surface area (Å²) in [5, 5.41) is 12.4. The molecular weight excluding hydrogens is 324 g/mol. The zero-order valence-corrected chi connectivity index (χ0v) is 13.8. The largest absolute Gasteiger partial charge is 0.309 e. The lowest BCUT2D eigenvalue weighted by molar-refractivity contribution is -0.117. The molecule has 2 heterocycles. The summed E-state index contributed by atoms with van der Waals surface area (Å²) in [5.41, 5.74) is 3.71. The Bertz CT molecular complexity index is 953. The van der Waals surface area contributed by atoms with Crippen LogP contribution in [0.5, 0.6) is 0 Å². The molecule has 0 spiro atoms. The standard InChI is InChI=1S/C18H15ClN4O/c1-10-4-5-20-9-14(10)12-6-13-8-16(21-18(24)11-2-3-11)22-23-17(13)15(19)7-12/h4-9,11H,2-3H2,1H3,(H,21,22,24). The van der Waals surface area contributed by atoms with Crippen molar-refractivity contribution in [3.63, 3.8) is 0 Å². The summed E-state index contributed by atoms with van der Waals surface area (Å²) in [6.45, 7) is 2.03. The van der Waals surface area contributed by atoms with Gasteiger partial charge in [0, 0.05) is 29.3 Å². The molecule has 0 radical (unpaired) electrons. The number of hydrogen-bond donors (Lipinski definition) is 1. The molecule has 24 heavy (non-hydrogen) atoms. The summed E-state index contributed by atoms with van der Waals surface area (Å²) in [5.74, 6) is 0.583. The van der Waals surface area contributed by atoms with Crippen molar-refractivity contribution in [2.75, 3.05) is 5.32 Å². The van der Waals surface area contributed by atoms with E-state index < -0.39 is 0 Å². The number of nitrogens with zero attached hydrogens (tertiary/aromatic N) is 3. The second-order valence-electron chi connectivity index (χ2n) is 6.08. The van der Waals surface area contributed by atoms with Gasteiger partial charge in [-0.1, -0.05) is 11.6 Å². The van der Waals surface area contributed by atoms with E-state index in [0.29, 0.717) is 16.4 Å². The number of benzene rings is 1. The van der Waals surface area contributed by atoms with Crippen LogP contribution >= 0.6 is 11.6 Å². The molecule has 1 fully saturated rings. The van der Waals surface area contributed by atoms with E-state index in [4.69, 9.17) is 11.6 Å². The van der Waals surface area contributed by atoms with Crippen LogP contribution in [-0.2, 0) is 4.79 Å². The zero-order chi connectivity index (χ0) is 16.7. The fourth-order valence-corrected chi connectivity index (χ4v) is 2.94. The molecule has 0 saturated heterocycles. The number of pyridine rings is 1. The normalized spacial score (nSPS) is 13.9. The van der Waals surface area contributed by atoms with Crippen LogP contribution in [0, 0.1) is 12.8 Å². The van der Waals surface area contributed by atoms with E-state index in [9.17, 15) is 4.79 Å². The van der Waals surface area contributed by atoms with Gasteiger partial charge in [0.05, 0.1) is 5.02 Å². The maximum atomic E-state index is 11.9. The summed E-state index contributed by atoms with van der Waals surface area (Å²) in [4.78, 5) is 16.1. The van der Waals surface area contributed by atoms with Gasteiger partial charge in [0.15, 0.2) is 5.82 Å². The molecule has 1 aromatic carbocycles. The quantitative estimate of drug-likeness (QED) is 0.783. The van der Waals surface area contributed by atoms with Gasteiger partial charge < -0.3 is 5.32 Å². The van der Waals surface area contributed by atoms with Crippen molar-refractivity contribution < 1.29 is 4.79 Å². The lowest BCUT2D eigenvalue weighted by atomic mass is 10.0. The lowest BCUT2D eigenvalue weighted by Crippen LogP contribution is -2.14. The van der Waals surface area contributed by atoms with E-state index in [0.717, 1.165) is 34.9 Å². The molecule has 2 aromatic heterocycles. The fraction of sp³-hybridized carbons (Fsp3) is 0.222. The molecule has 120 valence electrons. The number of rotatable bonds is 3. The first-order chi connectivity index (χ1) is 11.6. The minimum atomic E-state index is 0.00834. The maximum Gasteiger partial charge on any atom is 0.228 e. The molecule has 0 atom stereocenters. The third-order valence-corrected chi connectivity index (χ3v) is 4.48. The second kappa shape index (κ2) is 5.83. The van der Waals surface area contributed by atoms with Crippen molar-refractivity contribution in [1.82, 2.24) is 15.2 Å². The molecule has 0 aliphatic heterocycles. The highest BCUT2D eigenvalue weighted by Crippen LogP contribution is 2.32. The van der Waals surface area contributed by atoms with Gasteiger partial charge in [-0.05, 0) is 55.2 Å². The third-order valence-electron chi connectivity index (χ3n) is 4.19. The first kappa shape index (κ1) is 15.0. The molecule has 3 aromatic rings. The van der Waals surface area contributed by atoms with Crippen LogP contribution in [0.15, 0.2) is 36.7 Å². The average molecular weight is 339 g/mol. The molecule has 0 unspecified atom stereocenters. The van der Waals surface area contributed by atoms with Crippen LogP contribution < -0.4 is 5.32 Å². The molecule has 6 heteroatoms. The minimum absolute atomic E-state index is 0.00834. The van der Waals surface area contributed by atoms with Crippen molar-refractivity contribution >= 4 is 34.2 Å². The van der Waals surface area contributed by atoms with Gasteiger partial charge >= 0.3 is 0 Å². The Balaban J connectivity index is 1.77. The highest BCUT2D eigenvalue weighted by molar-refractivity contribution is 6.35. The third kappa shape index (κ3) is 2.83. The number of aryl methyl sites for hydroxylation is 1. The van der Waals surface area contributed by atoms with Crippen LogP contribution in [0.2, 0.25) is 5.02 Å². The Morgan fingerprint density at radius 1 is 1.25 bits per heavy atom. The van der Waals surface area contributed by atoms with Crippen LogP contribution in [0.4, 0.5) is 5.82 Å². The highest BCUT2D eigenvalue weighted by Gasteiger charge is 2.29. The van der Waals surface area contributed by atoms with E-state index in [1.807, 2.05) is 37.4 Å². The fourth-order valence-electron chi connectivity index (χ4n) is 2.67. The maximum absolute atomic E-state index is 11.9. The molecule has 0 bridgehead atoms. The van der Waals surface area contributed by atoms with E-state index in [1.165, 1.54) is 0 Å². The van der Waals surface area contributed by atoms with Crippen LogP contribution in [0.1, 0.15) is 18.4 Å². The average Bonchev–Trinajstić information content (AvgIpc) is 3.40. The number of fused-ring (bicyclic) bond motifs is 1. The topological polar surface area (TPSA) is 67.8 Å². The number of anilines is 1. The number of carbonyl (C=O) groups is 1. The lowest BCUT2D eigenvalue weighted by Gasteiger charge is -2.09. The van der Waals surface area contributed by atoms with E-state index >= 15 is 0 Å². The summed E-state index contributed by atoms with van der Waals surface area (Å²) in [6.07, 6.45) is 5.47. The van der Waals surface area contributed by atoms with Gasteiger partial charge in [-0.2, -0.15) is 0 Å². The summed E-state index contributed by atoms with van der Waals surface area (Å²) in [7, 11) is 0. The Hall–Kier alpha value is -2.53. The van der Waals surface area contributed by atoms with E-state index in [1.54, 1.807) is 6.20 Å². The monoisotopic (exact) mass is 338 g/mol. The van der Waals surface area contributed by atoms with Gasteiger partial charge in [0.1, 0.15) is 5.52 Å². The van der Waals surface area contributed by atoms with Crippen molar-refractivity contribution in [3.05, 3.63) is 47.2 Å². The van der Waals surface area contributed by atoms with Gasteiger partial charge in [0.2, 0.25) is 5.91 Å². The van der Waals surface area contributed by atoms with Crippen molar-refractivity contribution in [1.29, 1.82) is 0 Å². The van der Waals surface area contributed by atoms with Gasteiger partial charge in [-0.25, -0.2) is 0 Å². The zero-order valence-electron chi connectivity index (χ0n) is 13.1. The minimum Gasteiger partial charge on any atom is -0.309 e. The van der Waals surface area contributed by atoms with E-state index in [-0.39, 0.29) is 11.8 Å². The first-order valence-corrected chi connectivity index (χ1v) is 8.18. The number of amides is 1. The molecule has 1 N–H and O–H groups in total. The summed E-state index contributed by atoms with van der Waals surface area (Å²) in [6, 6.07) is 7.63. The first-order valence-electron chi connectivity index (χ1n) is 7.80. The summed E-state index contributed by atoms with van der Waals surface area (Å²) < 4.78 is 0. The summed E-state index contributed by atoms with van der Waals surface area (Å²) >= 11 is 6.37. The SMILES string of the molecule is Cc1ccncc1-c1cc(Cl)c2nnc(NC(=O)C3CC3)cc2c1. The highest BCUT2D eigenvalue weighted by atomic mass is 35.5. The van der Waals surface area contributed by atoms with Gasteiger partial charge in [-0.15, -0.1) is 10.2 Å². The Morgan fingerprint density at radius 3 is 2.83 bits per heavy atom. The van der Waals surface area contributed by atoms with Crippen molar-refractivity contribution in [2.24, 2.45) is 5.92 Å². The van der Waals surface area contributed by atoms with Crippen LogP contribution in [0.25, 0.3) is 22.0 Å².